The van der Waals surface area contributed by atoms with Crippen LogP contribution >= 0.6 is 0 Å². The van der Waals surface area contributed by atoms with Crippen LogP contribution in [0.3, 0.4) is 0 Å². The number of aromatic nitrogens is 1. The van der Waals surface area contributed by atoms with Crippen LogP contribution in [0.1, 0.15) is 36.5 Å². The summed E-state index contributed by atoms with van der Waals surface area (Å²) in [7, 11) is 1.58. The molecule has 1 aromatic heterocycles. The fourth-order valence-electron chi connectivity index (χ4n) is 4.89. The number of pyridine rings is 1. The van der Waals surface area contributed by atoms with Gasteiger partial charge in [-0.05, 0) is 49.7 Å². The van der Waals surface area contributed by atoms with Gasteiger partial charge in [0.2, 0.25) is 11.8 Å². The van der Waals surface area contributed by atoms with Crippen LogP contribution in [0.5, 0.6) is 5.75 Å². The molecule has 8 nitrogen and oxygen atoms in total. The second-order valence-corrected chi connectivity index (χ2v) is 8.43. The van der Waals surface area contributed by atoms with E-state index in [2.05, 4.69) is 10.3 Å². The largest absolute Gasteiger partial charge is 0.494 e. The van der Waals surface area contributed by atoms with Crippen molar-refractivity contribution in [3.63, 3.8) is 0 Å². The van der Waals surface area contributed by atoms with Crippen LogP contribution in [0.4, 0.5) is 11.4 Å². The van der Waals surface area contributed by atoms with Gasteiger partial charge in [-0.2, -0.15) is 0 Å². The summed E-state index contributed by atoms with van der Waals surface area (Å²) in [6.45, 7) is 2.10. The zero-order valence-corrected chi connectivity index (χ0v) is 18.5. The van der Waals surface area contributed by atoms with Crippen LogP contribution in [-0.2, 0) is 9.59 Å². The van der Waals surface area contributed by atoms with Gasteiger partial charge in [-0.25, -0.2) is 0 Å². The third-order valence-electron chi connectivity index (χ3n) is 6.53. The van der Waals surface area contributed by atoms with Crippen molar-refractivity contribution < 1.29 is 19.1 Å². The minimum atomic E-state index is -0.778. The lowest BCUT2D eigenvalue weighted by atomic mass is 9.98. The molecule has 2 aromatic carbocycles. The normalized spacial score (nSPS) is 19.5. The summed E-state index contributed by atoms with van der Waals surface area (Å²) in [5, 5.41) is 3.71. The number of nitrogens with zero attached hydrogens (tertiary/aromatic N) is 3. The molecule has 5 rings (SSSR count). The van der Waals surface area contributed by atoms with E-state index in [1.54, 1.807) is 53.4 Å². The van der Waals surface area contributed by atoms with Crippen molar-refractivity contribution >= 4 is 40.0 Å². The molecule has 2 aliphatic rings. The Morgan fingerprint density at radius 2 is 1.97 bits per heavy atom. The van der Waals surface area contributed by atoms with Crippen molar-refractivity contribution in [2.75, 3.05) is 23.9 Å². The number of fused-ring (bicyclic) bond motifs is 4. The van der Waals surface area contributed by atoms with Gasteiger partial charge in [-0.15, -0.1) is 0 Å². The van der Waals surface area contributed by atoms with Crippen LogP contribution in [0, 0.1) is 0 Å². The third kappa shape index (κ3) is 3.29. The van der Waals surface area contributed by atoms with Crippen molar-refractivity contribution in [1.82, 2.24) is 9.88 Å². The summed E-state index contributed by atoms with van der Waals surface area (Å²) in [6, 6.07) is 14.4. The summed E-state index contributed by atoms with van der Waals surface area (Å²) < 4.78 is 5.36. The predicted molar refractivity (Wildman–Crippen MR) is 124 cm³/mol. The number of methoxy groups -OCH3 is 1. The van der Waals surface area contributed by atoms with Gasteiger partial charge in [0.15, 0.2) is 0 Å². The Morgan fingerprint density at radius 1 is 1.15 bits per heavy atom. The highest BCUT2D eigenvalue weighted by Crippen LogP contribution is 2.44. The first-order chi connectivity index (χ1) is 15.9. The molecule has 2 aliphatic heterocycles. The van der Waals surface area contributed by atoms with Crippen molar-refractivity contribution in [2.45, 2.75) is 31.8 Å². The molecular weight excluding hydrogens is 420 g/mol. The van der Waals surface area contributed by atoms with Gasteiger partial charge in [0, 0.05) is 31.0 Å². The molecule has 0 saturated carbocycles. The minimum absolute atomic E-state index is 0.0101. The first kappa shape index (κ1) is 20.9. The molecule has 0 bridgehead atoms. The number of nitrogens with one attached hydrogen (secondary N) is 1. The molecule has 1 N–H and O–H groups in total. The summed E-state index contributed by atoms with van der Waals surface area (Å²) in [6.07, 6.45) is 2.67. The smallest absolute Gasteiger partial charge is 0.257 e. The fourth-order valence-corrected chi connectivity index (χ4v) is 4.89. The number of carbonyl (C=O) groups excluding carboxylic acids is 3. The molecule has 1 fully saturated rings. The first-order valence-electron chi connectivity index (χ1n) is 10.9. The van der Waals surface area contributed by atoms with Gasteiger partial charge in [0.25, 0.3) is 5.91 Å². The second kappa shape index (κ2) is 7.88. The molecule has 0 spiro atoms. The van der Waals surface area contributed by atoms with E-state index in [0.29, 0.717) is 41.0 Å². The highest BCUT2D eigenvalue weighted by Gasteiger charge is 2.52. The fraction of sp³-hybridized carbons (Fsp3) is 0.280. The molecule has 1 atom stereocenters. The molecule has 3 heterocycles. The number of anilines is 2. The number of benzene rings is 2. The molecular formula is C25H24N4O4. The third-order valence-corrected chi connectivity index (χ3v) is 6.53. The highest BCUT2D eigenvalue weighted by atomic mass is 16.5. The van der Waals surface area contributed by atoms with Crippen molar-refractivity contribution in [3.05, 3.63) is 60.3 Å². The van der Waals surface area contributed by atoms with E-state index in [1.807, 2.05) is 25.1 Å². The zero-order valence-electron chi connectivity index (χ0n) is 18.5. The number of carbonyl (C=O) groups is 3. The quantitative estimate of drug-likeness (QED) is 0.650. The van der Waals surface area contributed by atoms with E-state index >= 15 is 0 Å². The molecule has 3 aromatic rings. The number of amides is 3. The monoisotopic (exact) mass is 444 g/mol. The van der Waals surface area contributed by atoms with Crippen LogP contribution < -0.4 is 15.0 Å². The Morgan fingerprint density at radius 3 is 2.79 bits per heavy atom. The number of hydrogen-bond donors (Lipinski definition) is 1. The predicted octanol–water partition coefficient (Wildman–Crippen LogP) is 3.57. The van der Waals surface area contributed by atoms with E-state index in [0.717, 1.165) is 5.39 Å². The standard InChI is InChI=1S/C25H24N4O4/c1-25-13-11-22(31)29(25)19-8-4-3-6-17(19)24(32)28(25)15-12-21(30)27-18-9-10-20(33-2)23-16(18)7-5-14-26-23/h3-10,14H,11-13,15H2,1-2H3,(H,27,30). The molecule has 33 heavy (non-hydrogen) atoms. The molecule has 168 valence electrons. The van der Waals surface area contributed by atoms with Gasteiger partial charge < -0.3 is 15.0 Å². The maximum absolute atomic E-state index is 13.3. The molecule has 3 amide bonds. The van der Waals surface area contributed by atoms with Gasteiger partial charge in [0.1, 0.15) is 16.9 Å². The number of para-hydroxylation sites is 1. The Bertz CT molecular complexity index is 1290. The minimum Gasteiger partial charge on any atom is -0.494 e. The number of ether oxygens (including phenoxy) is 1. The number of hydrogen-bond acceptors (Lipinski definition) is 5. The van der Waals surface area contributed by atoms with Crippen molar-refractivity contribution in [1.29, 1.82) is 0 Å². The number of rotatable bonds is 5. The highest BCUT2D eigenvalue weighted by molar-refractivity contribution is 6.10. The van der Waals surface area contributed by atoms with Gasteiger partial charge >= 0.3 is 0 Å². The average molecular weight is 444 g/mol. The van der Waals surface area contributed by atoms with Gasteiger partial charge in [-0.1, -0.05) is 12.1 Å². The van der Waals surface area contributed by atoms with Crippen LogP contribution in [-0.4, -0.2) is 46.9 Å². The van der Waals surface area contributed by atoms with Crippen LogP contribution in [0.25, 0.3) is 10.9 Å². The van der Waals surface area contributed by atoms with Crippen molar-refractivity contribution in [2.24, 2.45) is 0 Å². The first-order valence-corrected chi connectivity index (χ1v) is 10.9. The van der Waals surface area contributed by atoms with E-state index < -0.39 is 5.66 Å². The Labute approximate surface area is 191 Å². The van der Waals surface area contributed by atoms with E-state index in [-0.39, 0.29) is 30.7 Å². The average Bonchev–Trinajstić information content (AvgIpc) is 3.14. The molecule has 1 unspecified atom stereocenters. The Hall–Kier alpha value is -3.94. The van der Waals surface area contributed by atoms with Crippen LogP contribution in [0.2, 0.25) is 0 Å². The summed E-state index contributed by atoms with van der Waals surface area (Å²) in [5.41, 5.74) is 1.64. The zero-order chi connectivity index (χ0) is 23.2. The van der Waals surface area contributed by atoms with E-state index in [1.165, 1.54) is 0 Å². The van der Waals surface area contributed by atoms with E-state index in [9.17, 15) is 14.4 Å². The van der Waals surface area contributed by atoms with Crippen LogP contribution in [0.15, 0.2) is 54.7 Å². The van der Waals surface area contributed by atoms with Gasteiger partial charge in [-0.3, -0.25) is 24.3 Å². The summed E-state index contributed by atoms with van der Waals surface area (Å²) in [4.78, 5) is 46.6. The van der Waals surface area contributed by atoms with Gasteiger partial charge in [0.05, 0.1) is 24.0 Å². The molecule has 1 saturated heterocycles. The lowest BCUT2D eigenvalue weighted by Crippen LogP contribution is -2.62. The Kier molecular flexibility index (Phi) is 5.00. The molecule has 8 heteroatoms. The van der Waals surface area contributed by atoms with E-state index in [4.69, 9.17) is 4.74 Å². The SMILES string of the molecule is COc1ccc(NC(=O)CCN2C(=O)c3ccccc3N3C(=O)CCC23C)c2cccnc12. The summed E-state index contributed by atoms with van der Waals surface area (Å²) in [5.74, 6) is 0.228. The maximum Gasteiger partial charge on any atom is 0.257 e. The molecule has 0 aliphatic carbocycles. The lowest BCUT2D eigenvalue weighted by Gasteiger charge is -2.48. The van der Waals surface area contributed by atoms with Crippen molar-refractivity contribution in [3.8, 4) is 5.75 Å². The second-order valence-electron chi connectivity index (χ2n) is 8.43. The maximum atomic E-state index is 13.3. The Balaban J connectivity index is 1.38. The summed E-state index contributed by atoms with van der Waals surface area (Å²) >= 11 is 0. The lowest BCUT2D eigenvalue weighted by molar-refractivity contribution is -0.117. The topological polar surface area (TPSA) is 91.8 Å². The molecule has 0 radical (unpaired) electrons.